The number of benzene rings is 2. The van der Waals surface area contributed by atoms with Gasteiger partial charge < -0.3 is 10.6 Å². The van der Waals surface area contributed by atoms with Crippen LogP contribution in [0.1, 0.15) is 12.0 Å². The lowest BCUT2D eigenvalue weighted by Gasteiger charge is -2.13. The van der Waals surface area contributed by atoms with Gasteiger partial charge in [-0.2, -0.15) is 0 Å². The van der Waals surface area contributed by atoms with Crippen molar-refractivity contribution in [1.82, 2.24) is 4.98 Å². The third-order valence-corrected chi connectivity index (χ3v) is 5.86. The number of aryl methyl sites for hydroxylation is 1. The lowest BCUT2D eigenvalue weighted by Crippen LogP contribution is -2.26. The molecule has 0 unspecified atom stereocenters. The van der Waals surface area contributed by atoms with Gasteiger partial charge in [-0.15, -0.1) is 11.8 Å². The number of carbonyl (C=O) groups is 2. The van der Waals surface area contributed by atoms with E-state index < -0.39 is 0 Å². The number of thioether (sulfide) groups is 1. The van der Waals surface area contributed by atoms with E-state index in [0.29, 0.717) is 0 Å². The number of pyridine rings is 1. The molecule has 0 aliphatic carbocycles. The molecule has 0 radical (unpaired) electrons. The Bertz CT molecular complexity index is 1000. The molecular formula is C21H19N3O2S. The van der Waals surface area contributed by atoms with E-state index in [1.54, 1.807) is 6.20 Å². The minimum absolute atomic E-state index is 0.0351. The maximum absolute atomic E-state index is 12.5. The molecule has 1 aliphatic heterocycles. The Morgan fingerprint density at radius 3 is 2.96 bits per heavy atom. The fraction of sp³-hybridized carbons (Fsp3) is 0.190. The predicted octanol–water partition coefficient (Wildman–Crippen LogP) is 3.86. The number of rotatable bonds is 4. The third kappa shape index (κ3) is 3.95. The number of hydrogen-bond acceptors (Lipinski definition) is 4. The van der Waals surface area contributed by atoms with E-state index >= 15 is 0 Å². The molecule has 3 aromatic rings. The zero-order valence-corrected chi connectivity index (χ0v) is 15.5. The van der Waals surface area contributed by atoms with Crippen LogP contribution in [0, 0.1) is 0 Å². The Morgan fingerprint density at radius 1 is 1.15 bits per heavy atom. The van der Waals surface area contributed by atoms with Gasteiger partial charge >= 0.3 is 0 Å². The minimum Gasteiger partial charge on any atom is -0.325 e. The number of fused-ring (bicyclic) bond motifs is 2. The summed E-state index contributed by atoms with van der Waals surface area (Å²) in [5.74, 6) is 0.0727. The molecule has 27 heavy (non-hydrogen) atoms. The summed E-state index contributed by atoms with van der Waals surface area (Å²) >= 11 is 1.38. The van der Waals surface area contributed by atoms with Crippen LogP contribution in [0.15, 0.2) is 60.8 Å². The Morgan fingerprint density at radius 2 is 2.04 bits per heavy atom. The Labute approximate surface area is 161 Å². The number of aromatic nitrogens is 1. The second kappa shape index (κ2) is 7.80. The summed E-state index contributed by atoms with van der Waals surface area (Å²) in [6.45, 7) is 0. The van der Waals surface area contributed by atoms with Crippen molar-refractivity contribution >= 4 is 45.9 Å². The lowest BCUT2D eigenvalue weighted by molar-refractivity contribution is -0.115. The van der Waals surface area contributed by atoms with Crippen LogP contribution >= 0.6 is 11.8 Å². The first kappa shape index (κ1) is 17.5. The molecular weight excluding hydrogens is 358 g/mol. The number of nitrogens with zero attached hydrogens (tertiary/aromatic N) is 1. The molecule has 0 fully saturated rings. The summed E-state index contributed by atoms with van der Waals surface area (Å²) in [5.41, 5.74) is 3.59. The van der Waals surface area contributed by atoms with E-state index in [0.717, 1.165) is 40.7 Å². The van der Waals surface area contributed by atoms with E-state index in [2.05, 4.69) is 15.6 Å². The van der Waals surface area contributed by atoms with Gasteiger partial charge in [0.1, 0.15) is 0 Å². The van der Waals surface area contributed by atoms with Crippen molar-refractivity contribution in [3.8, 4) is 0 Å². The van der Waals surface area contributed by atoms with Crippen LogP contribution in [-0.2, 0) is 16.0 Å². The molecule has 6 heteroatoms. The molecule has 2 aromatic carbocycles. The van der Waals surface area contributed by atoms with Crippen LogP contribution in [0.2, 0.25) is 0 Å². The predicted molar refractivity (Wildman–Crippen MR) is 110 cm³/mol. The molecule has 0 spiro atoms. The zero-order chi connectivity index (χ0) is 18.6. The molecule has 0 saturated carbocycles. The molecule has 2 N–H and O–H groups in total. The highest BCUT2D eigenvalue weighted by molar-refractivity contribution is 8.01. The van der Waals surface area contributed by atoms with Gasteiger partial charge in [-0.3, -0.25) is 14.6 Å². The first-order valence-electron chi connectivity index (χ1n) is 8.85. The van der Waals surface area contributed by atoms with E-state index in [4.69, 9.17) is 0 Å². The van der Waals surface area contributed by atoms with Crippen LogP contribution < -0.4 is 10.6 Å². The largest absolute Gasteiger partial charge is 0.325 e. The smallest absolute Gasteiger partial charge is 0.237 e. The summed E-state index contributed by atoms with van der Waals surface area (Å²) in [6.07, 6.45) is 3.27. The standard InChI is InChI=1S/C21H19N3O2S/c25-20(23-18-9-3-8-17-15(18)6-4-12-22-17)13-27-19-11-10-14-5-1-2-7-16(14)24-21(19)26/h1-9,12,19H,10-11,13H2,(H,23,25)(H,24,26)/t19-/m1/s1. The van der Waals surface area contributed by atoms with Crippen LogP contribution in [0.3, 0.4) is 0 Å². The Balaban J connectivity index is 1.39. The van der Waals surface area contributed by atoms with E-state index in [1.807, 2.05) is 54.6 Å². The van der Waals surface area contributed by atoms with Gasteiger partial charge in [0.2, 0.25) is 11.8 Å². The van der Waals surface area contributed by atoms with Gasteiger partial charge in [-0.05, 0) is 48.7 Å². The molecule has 5 nitrogen and oxygen atoms in total. The second-order valence-corrected chi connectivity index (χ2v) is 7.60. The maximum atomic E-state index is 12.5. The zero-order valence-electron chi connectivity index (χ0n) is 14.6. The molecule has 2 heterocycles. The highest BCUT2D eigenvalue weighted by Gasteiger charge is 2.24. The Hall–Kier alpha value is -2.86. The molecule has 4 rings (SSSR count). The van der Waals surface area contributed by atoms with Crippen molar-refractivity contribution in [1.29, 1.82) is 0 Å². The molecule has 1 atom stereocenters. The Kier molecular flexibility index (Phi) is 5.07. The first-order chi connectivity index (χ1) is 13.2. The molecule has 1 aromatic heterocycles. The summed E-state index contributed by atoms with van der Waals surface area (Å²) in [7, 11) is 0. The van der Waals surface area contributed by atoms with Crippen LogP contribution in [0.5, 0.6) is 0 Å². The fourth-order valence-corrected chi connectivity index (χ4v) is 4.14. The first-order valence-corrected chi connectivity index (χ1v) is 9.89. The van der Waals surface area contributed by atoms with Crippen molar-refractivity contribution in [2.24, 2.45) is 0 Å². The molecule has 136 valence electrons. The summed E-state index contributed by atoms with van der Waals surface area (Å²) in [5, 5.41) is 6.58. The van der Waals surface area contributed by atoms with Gasteiger partial charge in [0.25, 0.3) is 0 Å². The summed E-state index contributed by atoms with van der Waals surface area (Å²) < 4.78 is 0. The number of hydrogen-bond donors (Lipinski definition) is 2. The molecule has 2 amide bonds. The molecule has 1 aliphatic rings. The number of anilines is 2. The van der Waals surface area contributed by atoms with Gasteiger partial charge in [-0.25, -0.2) is 0 Å². The molecule has 0 saturated heterocycles. The topological polar surface area (TPSA) is 71.1 Å². The highest BCUT2D eigenvalue weighted by Crippen LogP contribution is 2.27. The van der Waals surface area contributed by atoms with Crippen LogP contribution in [-0.4, -0.2) is 27.8 Å². The second-order valence-electron chi connectivity index (χ2n) is 6.41. The van der Waals surface area contributed by atoms with Crippen LogP contribution in [0.25, 0.3) is 10.9 Å². The van der Waals surface area contributed by atoms with Crippen molar-refractivity contribution in [2.45, 2.75) is 18.1 Å². The van der Waals surface area contributed by atoms with E-state index in [1.165, 1.54) is 11.8 Å². The number of carbonyl (C=O) groups excluding carboxylic acids is 2. The van der Waals surface area contributed by atoms with Gasteiger partial charge in [0.15, 0.2) is 0 Å². The number of amides is 2. The maximum Gasteiger partial charge on any atom is 0.237 e. The fourth-order valence-electron chi connectivity index (χ4n) is 3.23. The van der Waals surface area contributed by atoms with Crippen molar-refractivity contribution in [2.75, 3.05) is 16.4 Å². The monoisotopic (exact) mass is 377 g/mol. The highest BCUT2D eigenvalue weighted by atomic mass is 32.2. The van der Waals surface area contributed by atoms with Gasteiger partial charge in [0, 0.05) is 17.3 Å². The third-order valence-electron chi connectivity index (χ3n) is 4.58. The minimum atomic E-state index is -0.239. The number of nitrogens with one attached hydrogen (secondary N) is 2. The average molecular weight is 377 g/mol. The van der Waals surface area contributed by atoms with Crippen molar-refractivity contribution in [3.05, 3.63) is 66.4 Å². The quantitative estimate of drug-likeness (QED) is 0.724. The normalized spacial score (nSPS) is 16.3. The summed E-state index contributed by atoms with van der Waals surface area (Å²) in [4.78, 5) is 29.2. The number of para-hydroxylation sites is 1. The molecule has 0 bridgehead atoms. The van der Waals surface area contributed by atoms with Crippen LogP contribution in [0.4, 0.5) is 11.4 Å². The van der Waals surface area contributed by atoms with E-state index in [9.17, 15) is 9.59 Å². The van der Waals surface area contributed by atoms with Crippen molar-refractivity contribution in [3.63, 3.8) is 0 Å². The lowest BCUT2D eigenvalue weighted by atomic mass is 10.1. The van der Waals surface area contributed by atoms with Gasteiger partial charge in [-0.1, -0.05) is 24.3 Å². The summed E-state index contributed by atoms with van der Waals surface area (Å²) in [6, 6.07) is 17.3. The average Bonchev–Trinajstić information content (AvgIpc) is 2.85. The van der Waals surface area contributed by atoms with Crippen molar-refractivity contribution < 1.29 is 9.59 Å². The SMILES string of the molecule is O=C(CS[C@@H]1CCc2ccccc2NC1=O)Nc1cccc2ncccc12. The van der Waals surface area contributed by atoms with Gasteiger partial charge in [0.05, 0.1) is 22.2 Å². The van der Waals surface area contributed by atoms with E-state index in [-0.39, 0.29) is 22.8 Å².